The standard InChI is InChI=1S/C10H10BrNS/c1-2-6-3-4-8-9(10(6)12)7(11)5-13-8/h3-5H,2,12H2,1H3. The van der Waals surface area contributed by atoms with Gasteiger partial charge in [0.05, 0.1) is 0 Å². The van der Waals surface area contributed by atoms with E-state index >= 15 is 0 Å². The predicted molar refractivity (Wildman–Crippen MR) is 63.3 cm³/mol. The Hall–Kier alpha value is -0.540. The van der Waals surface area contributed by atoms with E-state index in [4.69, 9.17) is 5.73 Å². The number of hydrogen-bond donors (Lipinski definition) is 1. The maximum atomic E-state index is 6.05. The molecule has 0 saturated carbocycles. The van der Waals surface area contributed by atoms with Gasteiger partial charge in [-0.2, -0.15) is 0 Å². The van der Waals surface area contributed by atoms with Crippen LogP contribution in [-0.2, 0) is 6.42 Å². The van der Waals surface area contributed by atoms with Gasteiger partial charge in [0.25, 0.3) is 0 Å². The number of anilines is 1. The van der Waals surface area contributed by atoms with Crippen LogP contribution in [0.4, 0.5) is 5.69 Å². The fourth-order valence-electron chi connectivity index (χ4n) is 1.47. The second kappa shape index (κ2) is 3.31. The molecule has 0 aliphatic heterocycles. The molecule has 0 radical (unpaired) electrons. The van der Waals surface area contributed by atoms with Crippen LogP contribution in [-0.4, -0.2) is 0 Å². The highest BCUT2D eigenvalue weighted by Crippen LogP contribution is 2.36. The van der Waals surface area contributed by atoms with Crippen molar-refractivity contribution in [2.24, 2.45) is 0 Å². The lowest BCUT2D eigenvalue weighted by atomic mass is 10.1. The van der Waals surface area contributed by atoms with Crippen molar-refractivity contribution in [2.75, 3.05) is 5.73 Å². The number of aryl methyl sites for hydroxylation is 1. The van der Waals surface area contributed by atoms with E-state index in [-0.39, 0.29) is 0 Å². The van der Waals surface area contributed by atoms with Gasteiger partial charge in [-0.3, -0.25) is 0 Å². The molecule has 1 heterocycles. The first-order chi connectivity index (χ1) is 6.24. The summed E-state index contributed by atoms with van der Waals surface area (Å²) < 4.78 is 2.36. The summed E-state index contributed by atoms with van der Waals surface area (Å²) >= 11 is 5.23. The largest absolute Gasteiger partial charge is 0.398 e. The summed E-state index contributed by atoms with van der Waals surface area (Å²) in [5.41, 5.74) is 8.20. The Labute approximate surface area is 89.7 Å². The van der Waals surface area contributed by atoms with E-state index in [0.29, 0.717) is 0 Å². The zero-order valence-electron chi connectivity index (χ0n) is 7.30. The molecule has 1 aromatic heterocycles. The SMILES string of the molecule is CCc1ccc2scc(Br)c2c1N. The van der Waals surface area contributed by atoms with Gasteiger partial charge >= 0.3 is 0 Å². The van der Waals surface area contributed by atoms with E-state index in [2.05, 4.69) is 40.4 Å². The molecule has 2 rings (SSSR count). The molecular formula is C10H10BrNS. The lowest BCUT2D eigenvalue weighted by molar-refractivity contribution is 1.15. The van der Waals surface area contributed by atoms with Crippen molar-refractivity contribution in [2.45, 2.75) is 13.3 Å². The third-order valence-electron chi connectivity index (χ3n) is 2.21. The number of hydrogen-bond acceptors (Lipinski definition) is 2. The Morgan fingerprint density at radius 3 is 2.92 bits per heavy atom. The number of nitrogen functional groups attached to an aromatic ring is 1. The smallest absolute Gasteiger partial charge is 0.0446 e. The molecule has 0 amide bonds. The number of fused-ring (bicyclic) bond motifs is 1. The van der Waals surface area contributed by atoms with Gasteiger partial charge in [0, 0.05) is 25.6 Å². The maximum Gasteiger partial charge on any atom is 0.0446 e. The minimum Gasteiger partial charge on any atom is -0.398 e. The summed E-state index contributed by atoms with van der Waals surface area (Å²) in [5, 5.41) is 3.25. The van der Waals surface area contributed by atoms with E-state index in [1.807, 2.05) is 0 Å². The Kier molecular flexibility index (Phi) is 2.30. The van der Waals surface area contributed by atoms with Crippen LogP contribution < -0.4 is 5.73 Å². The molecule has 0 saturated heterocycles. The zero-order valence-corrected chi connectivity index (χ0v) is 9.71. The molecule has 3 heteroatoms. The molecule has 0 aliphatic carbocycles. The molecule has 0 fully saturated rings. The summed E-state index contributed by atoms with van der Waals surface area (Å²) in [4.78, 5) is 0. The van der Waals surface area contributed by atoms with Gasteiger partial charge < -0.3 is 5.73 Å². The van der Waals surface area contributed by atoms with E-state index < -0.39 is 0 Å². The minimum absolute atomic E-state index is 0.924. The van der Waals surface area contributed by atoms with Crippen molar-refractivity contribution in [3.05, 3.63) is 27.5 Å². The van der Waals surface area contributed by atoms with Crippen molar-refractivity contribution >= 4 is 43.0 Å². The Morgan fingerprint density at radius 2 is 2.23 bits per heavy atom. The molecule has 13 heavy (non-hydrogen) atoms. The van der Waals surface area contributed by atoms with Gasteiger partial charge in [-0.15, -0.1) is 11.3 Å². The molecule has 1 aromatic carbocycles. The fraction of sp³-hybridized carbons (Fsp3) is 0.200. The van der Waals surface area contributed by atoms with Crippen LogP contribution in [0.3, 0.4) is 0 Å². The van der Waals surface area contributed by atoms with Crippen LogP contribution in [0.2, 0.25) is 0 Å². The van der Waals surface area contributed by atoms with E-state index in [0.717, 1.165) is 16.6 Å². The average Bonchev–Trinajstić information content (AvgIpc) is 2.49. The van der Waals surface area contributed by atoms with E-state index in [9.17, 15) is 0 Å². The number of halogens is 1. The fourth-order valence-corrected chi connectivity index (χ4v) is 3.14. The number of benzene rings is 1. The molecule has 0 spiro atoms. The zero-order chi connectivity index (χ0) is 9.42. The van der Waals surface area contributed by atoms with Gasteiger partial charge in [0.1, 0.15) is 0 Å². The molecule has 1 nitrogen and oxygen atoms in total. The second-order valence-corrected chi connectivity index (χ2v) is 4.71. The Morgan fingerprint density at radius 1 is 1.46 bits per heavy atom. The molecule has 2 N–H and O–H groups in total. The number of rotatable bonds is 1. The van der Waals surface area contributed by atoms with Crippen molar-refractivity contribution in [3.8, 4) is 0 Å². The third kappa shape index (κ3) is 1.36. The van der Waals surface area contributed by atoms with Crippen molar-refractivity contribution in [1.82, 2.24) is 0 Å². The summed E-state index contributed by atoms with van der Waals surface area (Å²) in [6.45, 7) is 2.12. The predicted octanol–water partition coefficient (Wildman–Crippen LogP) is 3.81. The number of thiophene rings is 1. The van der Waals surface area contributed by atoms with Crippen LogP contribution >= 0.6 is 27.3 Å². The highest BCUT2D eigenvalue weighted by atomic mass is 79.9. The van der Waals surface area contributed by atoms with Gasteiger partial charge in [-0.05, 0) is 34.0 Å². The van der Waals surface area contributed by atoms with Crippen molar-refractivity contribution < 1.29 is 0 Å². The molecule has 0 unspecified atom stereocenters. The lowest BCUT2D eigenvalue weighted by Gasteiger charge is -2.03. The molecule has 0 atom stereocenters. The van der Waals surface area contributed by atoms with Gasteiger partial charge in [0.2, 0.25) is 0 Å². The van der Waals surface area contributed by atoms with Gasteiger partial charge in [0.15, 0.2) is 0 Å². The van der Waals surface area contributed by atoms with Crippen LogP contribution in [0, 0.1) is 0 Å². The summed E-state index contributed by atoms with van der Waals surface area (Å²) in [6.07, 6.45) is 0.990. The second-order valence-electron chi connectivity index (χ2n) is 2.95. The Bertz CT molecular complexity index is 447. The third-order valence-corrected chi connectivity index (χ3v) is 4.08. The highest BCUT2D eigenvalue weighted by Gasteiger charge is 2.07. The summed E-state index contributed by atoms with van der Waals surface area (Å²) in [6, 6.07) is 4.25. The normalized spacial score (nSPS) is 10.9. The molecule has 0 bridgehead atoms. The van der Waals surface area contributed by atoms with E-state index in [1.54, 1.807) is 11.3 Å². The van der Waals surface area contributed by atoms with Crippen molar-refractivity contribution in [1.29, 1.82) is 0 Å². The van der Waals surface area contributed by atoms with Gasteiger partial charge in [-0.1, -0.05) is 13.0 Å². The topological polar surface area (TPSA) is 26.0 Å². The average molecular weight is 256 g/mol. The van der Waals surface area contributed by atoms with E-state index in [1.165, 1.54) is 15.6 Å². The Balaban J connectivity index is 2.83. The minimum atomic E-state index is 0.924. The quantitative estimate of drug-likeness (QED) is 0.771. The summed E-state index contributed by atoms with van der Waals surface area (Å²) in [5.74, 6) is 0. The summed E-state index contributed by atoms with van der Waals surface area (Å²) in [7, 11) is 0. The first-order valence-corrected chi connectivity index (χ1v) is 5.85. The van der Waals surface area contributed by atoms with Gasteiger partial charge in [-0.25, -0.2) is 0 Å². The first-order valence-electron chi connectivity index (χ1n) is 4.18. The monoisotopic (exact) mass is 255 g/mol. The van der Waals surface area contributed by atoms with Crippen molar-refractivity contribution in [3.63, 3.8) is 0 Å². The number of nitrogens with two attached hydrogens (primary N) is 1. The highest BCUT2D eigenvalue weighted by molar-refractivity contribution is 9.10. The first kappa shape index (κ1) is 9.03. The lowest BCUT2D eigenvalue weighted by Crippen LogP contribution is -1.92. The van der Waals surface area contributed by atoms with Crippen LogP contribution in [0.15, 0.2) is 22.0 Å². The van der Waals surface area contributed by atoms with Crippen LogP contribution in [0.5, 0.6) is 0 Å². The van der Waals surface area contributed by atoms with Crippen LogP contribution in [0.25, 0.3) is 10.1 Å². The molecular weight excluding hydrogens is 246 g/mol. The molecule has 2 aromatic rings. The maximum absolute atomic E-state index is 6.05. The van der Waals surface area contributed by atoms with Crippen LogP contribution in [0.1, 0.15) is 12.5 Å². The molecule has 0 aliphatic rings. The molecule has 68 valence electrons.